The highest BCUT2D eigenvalue weighted by atomic mass is 32.1. The highest BCUT2D eigenvalue weighted by Crippen LogP contribution is 2.28. The molecule has 126 valence electrons. The Balaban J connectivity index is 1.93. The Kier molecular flexibility index (Phi) is 5.69. The number of anilines is 1. The van der Waals surface area contributed by atoms with Crippen LogP contribution in [0.3, 0.4) is 0 Å². The van der Waals surface area contributed by atoms with E-state index in [4.69, 9.17) is 17.3 Å². The first-order valence-corrected chi connectivity index (χ1v) is 8.13. The molecule has 1 aliphatic heterocycles. The molecule has 0 unspecified atom stereocenters. The molecule has 0 aliphatic carbocycles. The predicted molar refractivity (Wildman–Crippen MR) is 89.9 cm³/mol. The average Bonchev–Trinajstić information content (AvgIpc) is 2.92. The molecule has 1 aromatic heterocycles. The molecule has 2 rings (SSSR count). The fourth-order valence-electron chi connectivity index (χ4n) is 1.88. The van der Waals surface area contributed by atoms with Gasteiger partial charge in [-0.3, -0.25) is 21.0 Å². The minimum Gasteiger partial charge on any atom is -0.383 e. The highest BCUT2D eigenvalue weighted by Gasteiger charge is 2.23. The number of nitrogens with zero attached hydrogens (tertiary/aromatic N) is 2. The van der Waals surface area contributed by atoms with Crippen molar-refractivity contribution in [3.63, 3.8) is 0 Å². The molecule has 0 spiro atoms. The smallest absolute Gasteiger partial charge is 0.320 e. The molecule has 5 N–H and O–H groups in total. The molecule has 11 heteroatoms. The van der Waals surface area contributed by atoms with Crippen molar-refractivity contribution >= 4 is 45.7 Å². The van der Waals surface area contributed by atoms with Gasteiger partial charge in [0.15, 0.2) is 10.2 Å². The first-order chi connectivity index (χ1) is 10.9. The summed E-state index contributed by atoms with van der Waals surface area (Å²) < 4.78 is 0. The zero-order valence-electron chi connectivity index (χ0n) is 12.7. The predicted octanol–water partition coefficient (Wildman–Crippen LogP) is -0.461. The van der Waals surface area contributed by atoms with E-state index in [0.29, 0.717) is 29.8 Å². The quantitative estimate of drug-likeness (QED) is 0.358. The molecule has 3 amide bonds. The molecule has 0 fully saturated rings. The third-order valence-corrected chi connectivity index (χ3v) is 4.50. The molecule has 23 heavy (non-hydrogen) atoms. The summed E-state index contributed by atoms with van der Waals surface area (Å²) in [7, 11) is 1.54. The summed E-state index contributed by atoms with van der Waals surface area (Å²) in [6.07, 6.45) is -0.425. The Morgan fingerprint density at radius 2 is 2.17 bits per heavy atom. The standard InChI is InChI=1S/C12H18N6O3S2/c1-6(19)9(20)16-17-12(22)18-4-3-7-8(5-18)23-11(14-7)15-10(21)13-2/h6,19H,3-5H2,1-2H3,(H,16,20)(H,17,22)(H2,13,14,15,21)/t6-/m1/s1. The van der Waals surface area contributed by atoms with Crippen molar-refractivity contribution in [2.75, 3.05) is 18.9 Å². The molecule has 0 bridgehead atoms. The van der Waals surface area contributed by atoms with Gasteiger partial charge >= 0.3 is 6.03 Å². The van der Waals surface area contributed by atoms with Gasteiger partial charge in [-0.05, 0) is 19.1 Å². The molecule has 1 aromatic rings. The van der Waals surface area contributed by atoms with Gasteiger partial charge in [0.2, 0.25) is 0 Å². The fraction of sp³-hybridized carbons (Fsp3) is 0.500. The highest BCUT2D eigenvalue weighted by molar-refractivity contribution is 7.80. The summed E-state index contributed by atoms with van der Waals surface area (Å²) in [4.78, 5) is 29.9. The Hall–Kier alpha value is -1.98. The number of urea groups is 1. The molecular weight excluding hydrogens is 340 g/mol. The van der Waals surface area contributed by atoms with Crippen LogP contribution in [0.25, 0.3) is 0 Å². The zero-order chi connectivity index (χ0) is 17.0. The number of rotatable bonds is 2. The number of hydrazine groups is 1. The molecule has 1 atom stereocenters. The lowest BCUT2D eigenvalue weighted by atomic mass is 10.2. The molecule has 0 saturated heterocycles. The van der Waals surface area contributed by atoms with Crippen LogP contribution in [0.1, 0.15) is 17.5 Å². The van der Waals surface area contributed by atoms with E-state index in [1.54, 1.807) is 0 Å². The number of thiocarbonyl (C=S) groups is 1. The lowest BCUT2D eigenvalue weighted by Crippen LogP contribution is -2.51. The molecule has 0 saturated carbocycles. The summed E-state index contributed by atoms with van der Waals surface area (Å²) >= 11 is 6.62. The molecule has 2 heterocycles. The number of aliphatic hydroxyl groups excluding tert-OH is 1. The van der Waals surface area contributed by atoms with E-state index in [9.17, 15) is 9.59 Å². The van der Waals surface area contributed by atoms with Crippen molar-refractivity contribution in [2.24, 2.45) is 0 Å². The van der Waals surface area contributed by atoms with Gasteiger partial charge in [0.1, 0.15) is 6.10 Å². The van der Waals surface area contributed by atoms with Crippen molar-refractivity contribution in [1.82, 2.24) is 26.1 Å². The minimum atomic E-state index is -1.11. The Morgan fingerprint density at radius 3 is 2.83 bits per heavy atom. The number of carbonyl (C=O) groups is 2. The van der Waals surface area contributed by atoms with Crippen LogP contribution in [0.2, 0.25) is 0 Å². The number of thiazole rings is 1. The van der Waals surface area contributed by atoms with Gasteiger partial charge in [-0.2, -0.15) is 0 Å². The normalized spacial score (nSPS) is 14.5. The SMILES string of the molecule is CNC(=O)Nc1nc2c(s1)CN(C(=S)NNC(=O)[C@@H](C)O)CC2. The van der Waals surface area contributed by atoms with Crippen molar-refractivity contribution in [3.05, 3.63) is 10.6 Å². The van der Waals surface area contributed by atoms with E-state index in [-0.39, 0.29) is 6.03 Å². The van der Waals surface area contributed by atoms with Crippen molar-refractivity contribution in [2.45, 2.75) is 26.0 Å². The van der Waals surface area contributed by atoms with Crippen LogP contribution in [-0.4, -0.2) is 51.7 Å². The van der Waals surface area contributed by atoms with Gasteiger partial charge in [-0.25, -0.2) is 9.78 Å². The molecule has 9 nitrogen and oxygen atoms in total. The second kappa shape index (κ2) is 7.53. The lowest BCUT2D eigenvalue weighted by Gasteiger charge is -2.28. The second-order valence-corrected chi connectivity index (χ2v) is 6.33. The summed E-state index contributed by atoms with van der Waals surface area (Å²) in [5, 5.41) is 15.1. The average molecular weight is 358 g/mol. The van der Waals surface area contributed by atoms with E-state index < -0.39 is 12.0 Å². The third-order valence-electron chi connectivity index (χ3n) is 3.14. The number of aliphatic hydroxyl groups is 1. The summed E-state index contributed by atoms with van der Waals surface area (Å²) in [6, 6.07) is -0.314. The fourth-order valence-corrected chi connectivity index (χ4v) is 3.11. The number of amides is 3. The maximum absolute atomic E-state index is 11.3. The Bertz CT molecular complexity index is 618. The largest absolute Gasteiger partial charge is 0.383 e. The van der Waals surface area contributed by atoms with E-state index in [2.05, 4.69) is 26.5 Å². The van der Waals surface area contributed by atoms with Gasteiger partial charge in [-0.1, -0.05) is 11.3 Å². The zero-order valence-corrected chi connectivity index (χ0v) is 14.3. The lowest BCUT2D eigenvalue weighted by molar-refractivity contribution is -0.129. The van der Waals surface area contributed by atoms with E-state index in [1.165, 1.54) is 25.3 Å². The number of fused-ring (bicyclic) bond motifs is 1. The number of hydrogen-bond acceptors (Lipinski definition) is 6. The molecule has 0 aromatic carbocycles. The minimum absolute atomic E-state index is 0.314. The topological polar surface area (TPSA) is 119 Å². The maximum Gasteiger partial charge on any atom is 0.320 e. The van der Waals surface area contributed by atoms with Crippen molar-refractivity contribution < 1.29 is 14.7 Å². The van der Waals surface area contributed by atoms with Crippen LogP contribution < -0.4 is 21.5 Å². The van der Waals surface area contributed by atoms with Crippen LogP contribution in [0.5, 0.6) is 0 Å². The summed E-state index contributed by atoms with van der Waals surface area (Å²) in [6.45, 7) is 2.55. The number of carbonyl (C=O) groups excluding carboxylic acids is 2. The van der Waals surface area contributed by atoms with Crippen LogP contribution in [-0.2, 0) is 17.8 Å². The third kappa shape index (κ3) is 4.50. The van der Waals surface area contributed by atoms with E-state index in [0.717, 1.165) is 10.6 Å². The number of hydrogen-bond donors (Lipinski definition) is 5. The monoisotopic (exact) mass is 358 g/mol. The van der Waals surface area contributed by atoms with Crippen LogP contribution in [0, 0.1) is 0 Å². The van der Waals surface area contributed by atoms with Gasteiger partial charge in [0.25, 0.3) is 5.91 Å². The Morgan fingerprint density at radius 1 is 1.43 bits per heavy atom. The molecule has 1 aliphatic rings. The summed E-state index contributed by atoms with van der Waals surface area (Å²) in [5.41, 5.74) is 5.90. The van der Waals surface area contributed by atoms with Crippen molar-refractivity contribution in [1.29, 1.82) is 0 Å². The van der Waals surface area contributed by atoms with E-state index >= 15 is 0 Å². The van der Waals surface area contributed by atoms with E-state index in [1.807, 2.05) is 4.90 Å². The van der Waals surface area contributed by atoms with Gasteiger partial charge in [0.05, 0.1) is 12.2 Å². The van der Waals surface area contributed by atoms with Gasteiger partial charge < -0.3 is 15.3 Å². The first-order valence-electron chi connectivity index (χ1n) is 6.91. The summed E-state index contributed by atoms with van der Waals surface area (Å²) in [5.74, 6) is -0.556. The van der Waals surface area contributed by atoms with Crippen LogP contribution in [0.15, 0.2) is 0 Å². The molecule has 0 radical (unpaired) electrons. The molecular formula is C12H18N6O3S2. The van der Waals surface area contributed by atoms with Crippen molar-refractivity contribution in [3.8, 4) is 0 Å². The number of aromatic nitrogens is 1. The maximum atomic E-state index is 11.3. The van der Waals surface area contributed by atoms with Gasteiger partial charge in [0, 0.05) is 24.9 Å². The number of nitrogens with one attached hydrogen (secondary N) is 4. The van der Waals surface area contributed by atoms with Crippen LogP contribution >= 0.6 is 23.6 Å². The van der Waals surface area contributed by atoms with Gasteiger partial charge in [-0.15, -0.1) is 0 Å². The van der Waals surface area contributed by atoms with Crippen LogP contribution in [0.4, 0.5) is 9.93 Å². The Labute approximate surface area is 142 Å². The first kappa shape index (κ1) is 17.4. The second-order valence-electron chi connectivity index (χ2n) is 4.86.